The smallest absolute Gasteiger partial charge is 0.234 e. The van der Waals surface area contributed by atoms with Crippen molar-refractivity contribution in [2.75, 3.05) is 5.01 Å². The fourth-order valence-corrected chi connectivity index (χ4v) is 3.43. The summed E-state index contributed by atoms with van der Waals surface area (Å²) in [5.74, 6) is -0.209. The van der Waals surface area contributed by atoms with Crippen LogP contribution in [0.4, 0.5) is 10.1 Å². The third-order valence-electron chi connectivity index (χ3n) is 3.71. The van der Waals surface area contributed by atoms with Crippen LogP contribution in [0.25, 0.3) is 0 Å². The number of carbonyl (C=O) groups excluding carboxylic acids is 1. The molecular weight excluding hydrogens is 442 g/mol. The predicted molar refractivity (Wildman–Crippen MR) is 105 cm³/mol. The summed E-state index contributed by atoms with van der Waals surface area (Å²) in [7, 11) is 0. The van der Waals surface area contributed by atoms with E-state index in [1.165, 1.54) is 18.0 Å². The minimum atomic E-state index is -0.236. The van der Waals surface area contributed by atoms with Gasteiger partial charge in [-0.25, -0.2) is 8.80 Å². The molecule has 0 aliphatic carbocycles. The van der Waals surface area contributed by atoms with E-state index >= 15 is 0 Å². The fraction of sp³-hybridized carbons (Fsp3) is 0.438. The van der Waals surface area contributed by atoms with Gasteiger partial charge in [0.2, 0.25) is 5.91 Å². The number of hydrogen-bond acceptors (Lipinski definition) is 5. The fourth-order valence-electron chi connectivity index (χ4n) is 2.17. The number of anilines is 1. The first-order valence-corrected chi connectivity index (χ1v) is 9.81. The Hall–Kier alpha value is -1.00. The van der Waals surface area contributed by atoms with E-state index in [4.69, 9.17) is 0 Å². The zero-order valence-electron chi connectivity index (χ0n) is 13.9. The molecular formula is C16H22FIN4OS. The van der Waals surface area contributed by atoms with Gasteiger partial charge in [0.25, 0.3) is 0 Å². The van der Waals surface area contributed by atoms with Gasteiger partial charge >= 0.3 is 0 Å². The summed E-state index contributed by atoms with van der Waals surface area (Å²) < 4.78 is 15.7. The van der Waals surface area contributed by atoms with E-state index in [9.17, 15) is 9.18 Å². The van der Waals surface area contributed by atoms with Crippen LogP contribution in [0.5, 0.6) is 0 Å². The third-order valence-corrected chi connectivity index (χ3v) is 5.50. The molecule has 1 aliphatic heterocycles. The number of benzene rings is 1. The van der Waals surface area contributed by atoms with Crippen molar-refractivity contribution in [1.29, 1.82) is 0 Å². The van der Waals surface area contributed by atoms with Gasteiger partial charge in [-0.05, 0) is 72.5 Å². The van der Waals surface area contributed by atoms with Crippen molar-refractivity contribution in [2.24, 2.45) is 0 Å². The monoisotopic (exact) mass is 464 g/mol. The Morgan fingerprint density at radius 1 is 1.38 bits per heavy atom. The molecule has 132 valence electrons. The first-order valence-electron chi connectivity index (χ1n) is 7.89. The highest BCUT2D eigenvalue weighted by Gasteiger charge is 2.22. The minimum absolute atomic E-state index is 0.0266. The summed E-state index contributed by atoms with van der Waals surface area (Å²) in [4.78, 5) is 12.2. The van der Waals surface area contributed by atoms with Gasteiger partial charge in [-0.1, -0.05) is 13.8 Å². The number of rotatable bonds is 7. The zero-order valence-corrected chi connectivity index (χ0v) is 16.9. The van der Waals surface area contributed by atoms with Gasteiger partial charge < -0.3 is 5.32 Å². The van der Waals surface area contributed by atoms with E-state index in [1.54, 1.807) is 21.6 Å². The summed E-state index contributed by atoms with van der Waals surface area (Å²) >= 11 is 3.35. The molecule has 1 unspecified atom stereocenters. The van der Waals surface area contributed by atoms with Gasteiger partial charge in [0, 0.05) is 18.4 Å². The van der Waals surface area contributed by atoms with Crippen LogP contribution < -0.4 is 15.9 Å². The summed E-state index contributed by atoms with van der Waals surface area (Å²) in [6, 6.07) is 5.12. The van der Waals surface area contributed by atoms with Crippen LogP contribution in [0.15, 0.2) is 30.6 Å². The van der Waals surface area contributed by atoms with Crippen molar-refractivity contribution in [1.82, 2.24) is 15.3 Å². The highest BCUT2D eigenvalue weighted by Crippen LogP contribution is 2.25. The number of halogens is 2. The Bertz CT molecular complexity index is 612. The zero-order chi connectivity index (χ0) is 17.7. The molecule has 0 aromatic heterocycles. The van der Waals surface area contributed by atoms with Gasteiger partial charge in [-0.2, -0.15) is 0 Å². The lowest BCUT2D eigenvalue weighted by atomic mass is 10.2. The molecule has 0 radical (unpaired) electrons. The second-order valence-electron chi connectivity index (χ2n) is 5.46. The number of hydrazine groups is 2. The maximum absolute atomic E-state index is 13.4. The number of nitrogens with zero attached hydrogens (tertiary/aromatic N) is 2. The second kappa shape index (κ2) is 8.91. The molecule has 2 rings (SSSR count). The molecule has 2 N–H and O–H groups in total. The van der Waals surface area contributed by atoms with Crippen molar-refractivity contribution in [3.63, 3.8) is 0 Å². The van der Waals surface area contributed by atoms with Crippen LogP contribution in [0.1, 0.15) is 33.6 Å². The van der Waals surface area contributed by atoms with Crippen LogP contribution in [-0.2, 0) is 4.79 Å². The quantitative estimate of drug-likeness (QED) is 0.475. The average Bonchev–Trinajstić information content (AvgIpc) is 3.03. The Kier molecular flexibility index (Phi) is 7.17. The molecule has 0 bridgehead atoms. The molecule has 1 aromatic rings. The summed E-state index contributed by atoms with van der Waals surface area (Å²) in [6.07, 6.45) is 5.53. The first kappa shape index (κ1) is 19.3. The van der Waals surface area contributed by atoms with Crippen LogP contribution in [0, 0.1) is 9.39 Å². The lowest BCUT2D eigenvalue weighted by molar-refractivity contribution is -0.121. The Labute approximate surface area is 160 Å². The van der Waals surface area contributed by atoms with Crippen molar-refractivity contribution in [2.45, 2.75) is 44.9 Å². The third kappa shape index (κ3) is 5.00. The topological polar surface area (TPSA) is 47.6 Å². The lowest BCUT2D eigenvalue weighted by Gasteiger charge is -2.24. The first-order chi connectivity index (χ1) is 11.4. The van der Waals surface area contributed by atoms with E-state index in [2.05, 4.69) is 24.7 Å². The van der Waals surface area contributed by atoms with Crippen molar-refractivity contribution in [3.8, 4) is 0 Å². The Morgan fingerprint density at radius 2 is 2.08 bits per heavy atom. The van der Waals surface area contributed by atoms with Crippen molar-refractivity contribution < 1.29 is 9.18 Å². The lowest BCUT2D eigenvalue weighted by Crippen LogP contribution is -2.42. The normalized spacial score (nSPS) is 15.2. The van der Waals surface area contributed by atoms with Gasteiger partial charge in [0.15, 0.2) is 0 Å². The van der Waals surface area contributed by atoms with Crippen LogP contribution in [0.2, 0.25) is 0 Å². The number of carbonyl (C=O) groups is 1. The molecule has 0 saturated heterocycles. The molecule has 0 spiro atoms. The van der Waals surface area contributed by atoms with E-state index in [0.717, 1.165) is 18.5 Å². The SMILES string of the molecule is CCC(CC)NC(=O)C(C)SN1C=CN(c2ccc(F)c(I)c2)N1. The average molecular weight is 464 g/mol. The van der Waals surface area contributed by atoms with E-state index in [-0.39, 0.29) is 23.0 Å². The molecule has 1 atom stereocenters. The summed E-state index contributed by atoms with van der Waals surface area (Å²) in [5, 5.41) is 4.60. The number of nitrogens with one attached hydrogen (secondary N) is 2. The van der Waals surface area contributed by atoms with E-state index in [0.29, 0.717) is 3.57 Å². The molecule has 8 heteroatoms. The summed E-state index contributed by atoms with van der Waals surface area (Å²) in [5.41, 5.74) is 3.96. The highest BCUT2D eigenvalue weighted by atomic mass is 127. The molecule has 0 saturated carbocycles. The maximum atomic E-state index is 13.4. The van der Waals surface area contributed by atoms with Gasteiger partial charge in [0.05, 0.1) is 9.26 Å². The maximum Gasteiger partial charge on any atom is 0.234 e. The summed E-state index contributed by atoms with van der Waals surface area (Å²) in [6.45, 7) is 6.01. The molecule has 24 heavy (non-hydrogen) atoms. The van der Waals surface area contributed by atoms with Gasteiger partial charge in [-0.15, -0.1) is 5.53 Å². The number of hydrogen-bond donors (Lipinski definition) is 2. The molecule has 1 aromatic carbocycles. The Morgan fingerprint density at radius 3 is 2.71 bits per heavy atom. The van der Waals surface area contributed by atoms with Gasteiger partial charge in [-0.3, -0.25) is 9.80 Å². The van der Waals surface area contributed by atoms with Crippen molar-refractivity contribution in [3.05, 3.63) is 40.0 Å². The highest BCUT2D eigenvalue weighted by molar-refractivity contribution is 14.1. The molecule has 0 fully saturated rings. The van der Waals surface area contributed by atoms with E-state index < -0.39 is 0 Å². The predicted octanol–water partition coefficient (Wildman–Crippen LogP) is 3.78. The molecule has 1 heterocycles. The number of amides is 1. The molecule has 1 amide bonds. The second-order valence-corrected chi connectivity index (χ2v) is 7.94. The molecule has 1 aliphatic rings. The Balaban J connectivity index is 1.88. The minimum Gasteiger partial charge on any atom is -0.352 e. The van der Waals surface area contributed by atoms with E-state index in [1.807, 2.05) is 41.9 Å². The largest absolute Gasteiger partial charge is 0.352 e. The van der Waals surface area contributed by atoms with Crippen LogP contribution in [0.3, 0.4) is 0 Å². The van der Waals surface area contributed by atoms with Crippen molar-refractivity contribution >= 4 is 46.1 Å². The van der Waals surface area contributed by atoms with Crippen LogP contribution in [-0.4, -0.2) is 21.6 Å². The molecule has 5 nitrogen and oxygen atoms in total. The van der Waals surface area contributed by atoms with Gasteiger partial charge in [0.1, 0.15) is 11.1 Å². The van der Waals surface area contributed by atoms with Crippen LogP contribution >= 0.6 is 34.5 Å². The standard InChI is InChI=1S/C16H22FIN4OS/c1-4-12(5-2)19-16(23)11(3)24-22-9-8-21(20-22)13-6-7-14(17)15(18)10-13/h6-12,20H,4-5H2,1-3H3,(H,19,23).